The van der Waals surface area contributed by atoms with Gasteiger partial charge in [0.15, 0.2) is 16.6 Å². The second-order valence-corrected chi connectivity index (χ2v) is 21.5. The first kappa shape index (κ1) is 27.8. The van der Waals surface area contributed by atoms with E-state index in [1.54, 1.807) is 17.2 Å². The van der Waals surface area contributed by atoms with Crippen LogP contribution in [-0.4, -0.2) is 53.0 Å². The molecule has 0 radical (unpaired) electrons. The smallest absolute Gasteiger partial charge is 0.357 e. The van der Waals surface area contributed by atoms with Crippen molar-refractivity contribution in [3.8, 4) is 11.8 Å². The molecule has 0 amide bonds. The molecule has 0 unspecified atom stereocenters. The van der Waals surface area contributed by atoms with Crippen molar-refractivity contribution in [2.75, 3.05) is 13.2 Å². The maximum Gasteiger partial charge on any atom is 0.357 e. The maximum absolute atomic E-state index is 12.7. The van der Waals surface area contributed by atoms with E-state index < -0.39 is 16.6 Å². The third-order valence-corrected chi connectivity index (χ3v) is 16.3. The number of benzene rings is 1. The molecule has 33 heavy (non-hydrogen) atoms. The van der Waals surface area contributed by atoms with Gasteiger partial charge in [-0.05, 0) is 48.4 Å². The molecule has 0 aromatic heterocycles. The molecular weight excluding hydrogens is 446 g/mol. The standard InChI is InChI=1S/C26H43NO4Si2/c1-25(2,3)32(7,8)29-18-14-17-22-19-23(31-33(9,10)26(4,5)6)20-27(22)30-24(28)21-15-12-11-13-16-21/h11-13,15-16,22-23H,18-20H2,1-10H3/t22-,23-/m1/s1. The molecule has 1 aromatic carbocycles. The first-order chi connectivity index (χ1) is 15.0. The number of hydrogen-bond donors (Lipinski definition) is 0. The predicted molar refractivity (Wildman–Crippen MR) is 140 cm³/mol. The summed E-state index contributed by atoms with van der Waals surface area (Å²) >= 11 is 0. The molecule has 0 spiro atoms. The van der Waals surface area contributed by atoms with Crippen molar-refractivity contribution in [3.63, 3.8) is 0 Å². The van der Waals surface area contributed by atoms with Gasteiger partial charge in [0.1, 0.15) is 6.04 Å². The number of nitrogens with zero attached hydrogens (tertiary/aromatic N) is 1. The lowest BCUT2D eigenvalue weighted by molar-refractivity contribution is -0.111. The van der Waals surface area contributed by atoms with E-state index in [1.165, 1.54) is 0 Å². The highest BCUT2D eigenvalue weighted by Crippen LogP contribution is 2.39. The predicted octanol–water partition coefficient (Wildman–Crippen LogP) is 6.25. The Labute approximate surface area is 203 Å². The fourth-order valence-electron chi connectivity index (χ4n) is 3.01. The minimum Gasteiger partial charge on any atom is -0.412 e. The SMILES string of the molecule is CC(C)(C)[Si](C)(C)OCC#C[C@@H]1C[C@@H](O[Si](C)(C)C(C)(C)C)CN1OC(=O)c1ccccc1. The van der Waals surface area contributed by atoms with E-state index >= 15 is 0 Å². The van der Waals surface area contributed by atoms with Gasteiger partial charge in [0.25, 0.3) is 0 Å². The molecule has 7 heteroatoms. The molecule has 2 atom stereocenters. The molecule has 0 aliphatic carbocycles. The minimum atomic E-state index is -1.95. The number of rotatable bonds is 6. The quantitative estimate of drug-likeness (QED) is 0.349. The normalized spacial score (nSPS) is 20.3. The van der Waals surface area contributed by atoms with E-state index in [9.17, 15) is 4.79 Å². The Morgan fingerprint density at radius 3 is 2.12 bits per heavy atom. The van der Waals surface area contributed by atoms with E-state index in [4.69, 9.17) is 13.7 Å². The summed E-state index contributed by atoms with van der Waals surface area (Å²) in [5, 5.41) is 1.95. The van der Waals surface area contributed by atoms with Gasteiger partial charge < -0.3 is 13.7 Å². The minimum absolute atomic E-state index is 0.0184. The lowest BCUT2D eigenvalue weighted by Gasteiger charge is -2.38. The van der Waals surface area contributed by atoms with E-state index in [0.717, 1.165) is 0 Å². The van der Waals surface area contributed by atoms with E-state index in [-0.39, 0.29) is 28.2 Å². The van der Waals surface area contributed by atoms with Crippen LogP contribution in [0, 0.1) is 11.8 Å². The zero-order valence-electron chi connectivity index (χ0n) is 22.2. The van der Waals surface area contributed by atoms with Crippen molar-refractivity contribution < 1.29 is 18.5 Å². The molecule has 2 rings (SSSR count). The van der Waals surface area contributed by atoms with Gasteiger partial charge in [-0.3, -0.25) is 0 Å². The van der Waals surface area contributed by atoms with E-state index in [0.29, 0.717) is 25.1 Å². The Morgan fingerprint density at radius 1 is 1.00 bits per heavy atom. The van der Waals surface area contributed by atoms with Crippen LogP contribution in [0.15, 0.2) is 30.3 Å². The molecule has 0 bridgehead atoms. The molecule has 1 fully saturated rings. The highest BCUT2D eigenvalue weighted by Gasteiger charge is 2.43. The molecule has 1 aromatic rings. The number of hydroxylamine groups is 2. The Balaban J connectivity index is 2.13. The van der Waals surface area contributed by atoms with Gasteiger partial charge in [-0.1, -0.05) is 71.6 Å². The third kappa shape index (κ3) is 7.53. The van der Waals surface area contributed by atoms with Gasteiger partial charge in [-0.15, -0.1) is 5.06 Å². The van der Waals surface area contributed by atoms with Gasteiger partial charge in [-0.25, -0.2) is 4.79 Å². The van der Waals surface area contributed by atoms with Gasteiger partial charge in [0.2, 0.25) is 0 Å². The number of carbonyl (C=O) groups is 1. The molecule has 0 N–H and O–H groups in total. The Morgan fingerprint density at radius 2 is 1.58 bits per heavy atom. The summed E-state index contributed by atoms with van der Waals surface area (Å²) in [4.78, 5) is 18.5. The molecule has 0 saturated carbocycles. The molecule has 1 aliphatic heterocycles. The second-order valence-electron chi connectivity index (χ2n) is 12.0. The van der Waals surface area contributed by atoms with Crippen molar-refractivity contribution in [1.82, 2.24) is 5.06 Å². The maximum atomic E-state index is 12.7. The summed E-state index contributed by atoms with van der Waals surface area (Å²) in [6, 6.07) is 8.85. The molecular formula is C26H43NO4Si2. The highest BCUT2D eigenvalue weighted by molar-refractivity contribution is 6.74. The van der Waals surface area contributed by atoms with E-state index in [2.05, 4.69) is 79.6 Å². The molecule has 5 nitrogen and oxygen atoms in total. The topological polar surface area (TPSA) is 48.0 Å². The molecule has 1 heterocycles. The monoisotopic (exact) mass is 489 g/mol. The van der Waals surface area contributed by atoms with E-state index in [1.807, 2.05) is 18.2 Å². The fraction of sp³-hybridized carbons (Fsp3) is 0.654. The van der Waals surface area contributed by atoms with Crippen molar-refractivity contribution in [2.24, 2.45) is 0 Å². The Kier molecular flexibility index (Phi) is 8.80. The average Bonchev–Trinajstić information content (AvgIpc) is 3.04. The first-order valence-electron chi connectivity index (χ1n) is 11.9. The molecule has 1 saturated heterocycles. The summed E-state index contributed by atoms with van der Waals surface area (Å²) in [6.45, 7) is 23.2. The largest absolute Gasteiger partial charge is 0.412 e. The highest BCUT2D eigenvalue weighted by atomic mass is 28.4. The van der Waals surface area contributed by atoms with Crippen LogP contribution >= 0.6 is 0 Å². The van der Waals surface area contributed by atoms with Crippen molar-refractivity contribution in [1.29, 1.82) is 0 Å². The van der Waals surface area contributed by atoms with Gasteiger partial charge in [-0.2, -0.15) is 0 Å². The zero-order chi connectivity index (χ0) is 25.1. The zero-order valence-corrected chi connectivity index (χ0v) is 24.2. The van der Waals surface area contributed by atoms with Crippen molar-refractivity contribution in [2.45, 2.75) is 96.4 Å². The molecule has 184 valence electrons. The van der Waals surface area contributed by atoms with Crippen LogP contribution in [0.3, 0.4) is 0 Å². The van der Waals surface area contributed by atoms with Crippen LogP contribution in [-0.2, 0) is 13.7 Å². The summed E-state index contributed by atoms with van der Waals surface area (Å²) < 4.78 is 12.8. The van der Waals surface area contributed by atoms with Gasteiger partial charge >= 0.3 is 5.97 Å². The lowest BCUT2D eigenvalue weighted by atomic mass is 10.2. The van der Waals surface area contributed by atoms with Crippen molar-refractivity contribution >= 4 is 22.6 Å². The van der Waals surface area contributed by atoms with Crippen LogP contribution < -0.4 is 0 Å². The first-order valence-corrected chi connectivity index (χ1v) is 17.7. The van der Waals surface area contributed by atoms with Crippen LogP contribution in [0.1, 0.15) is 58.3 Å². The van der Waals surface area contributed by atoms with Crippen LogP contribution in [0.5, 0.6) is 0 Å². The summed E-state index contributed by atoms with van der Waals surface area (Å²) in [5.74, 6) is 6.13. The summed E-state index contributed by atoms with van der Waals surface area (Å²) in [7, 11) is -3.81. The summed E-state index contributed by atoms with van der Waals surface area (Å²) in [6.07, 6.45) is 0.692. The fourth-order valence-corrected chi connectivity index (χ4v) is 5.23. The summed E-state index contributed by atoms with van der Waals surface area (Å²) in [5.41, 5.74) is 0.527. The number of carbonyl (C=O) groups excluding carboxylic acids is 1. The average molecular weight is 490 g/mol. The number of hydrogen-bond acceptors (Lipinski definition) is 5. The van der Waals surface area contributed by atoms with Gasteiger partial charge in [0, 0.05) is 6.42 Å². The van der Waals surface area contributed by atoms with Crippen LogP contribution in [0.25, 0.3) is 0 Å². The second kappa shape index (κ2) is 10.4. The third-order valence-electron chi connectivity index (χ3n) is 7.27. The van der Waals surface area contributed by atoms with Gasteiger partial charge in [0.05, 0.1) is 24.8 Å². The molecule has 1 aliphatic rings. The Hall–Kier alpha value is -1.44. The Bertz CT molecular complexity index is 860. The van der Waals surface area contributed by atoms with Crippen LogP contribution in [0.4, 0.5) is 0 Å². The lowest BCUT2D eigenvalue weighted by Crippen LogP contribution is -2.44. The van der Waals surface area contributed by atoms with Crippen molar-refractivity contribution in [3.05, 3.63) is 35.9 Å². The van der Waals surface area contributed by atoms with Crippen LogP contribution in [0.2, 0.25) is 36.3 Å².